The normalized spacial score (nSPS) is 12.6. The minimum atomic E-state index is 0.372. The van der Waals surface area contributed by atoms with Crippen LogP contribution >= 0.6 is 0 Å². The van der Waals surface area contributed by atoms with Crippen molar-refractivity contribution in [3.8, 4) is 0 Å². The maximum Gasteiger partial charge on any atom is 0.105 e. The highest BCUT2D eigenvalue weighted by atomic mass is 16.3. The molecule has 3 N–H and O–H groups in total. The van der Waals surface area contributed by atoms with E-state index >= 15 is 0 Å². The van der Waals surface area contributed by atoms with Crippen molar-refractivity contribution < 1.29 is 4.42 Å². The SMILES string of the molecule is Cc1c(N)cccc1CNC(C)Cc1ccco1. The van der Waals surface area contributed by atoms with Crippen LogP contribution in [0, 0.1) is 6.92 Å². The van der Waals surface area contributed by atoms with Crippen molar-refractivity contribution in [2.24, 2.45) is 0 Å². The standard InChI is InChI=1S/C15H20N2O/c1-11(9-14-6-4-8-18-14)17-10-13-5-3-7-15(16)12(13)2/h3-8,11,17H,9-10,16H2,1-2H3. The van der Waals surface area contributed by atoms with Gasteiger partial charge in [0.1, 0.15) is 5.76 Å². The van der Waals surface area contributed by atoms with Crippen molar-refractivity contribution in [1.29, 1.82) is 0 Å². The van der Waals surface area contributed by atoms with Crippen molar-refractivity contribution in [3.05, 3.63) is 53.5 Å². The van der Waals surface area contributed by atoms with Gasteiger partial charge in [0.2, 0.25) is 0 Å². The summed E-state index contributed by atoms with van der Waals surface area (Å²) in [6.07, 6.45) is 2.61. The van der Waals surface area contributed by atoms with E-state index in [9.17, 15) is 0 Å². The van der Waals surface area contributed by atoms with E-state index in [1.165, 1.54) is 5.56 Å². The molecule has 0 fully saturated rings. The Morgan fingerprint density at radius 3 is 2.83 bits per heavy atom. The van der Waals surface area contributed by atoms with E-state index in [4.69, 9.17) is 10.2 Å². The van der Waals surface area contributed by atoms with Crippen molar-refractivity contribution in [2.45, 2.75) is 32.9 Å². The summed E-state index contributed by atoms with van der Waals surface area (Å²) in [6.45, 7) is 5.05. The van der Waals surface area contributed by atoms with Crippen LogP contribution in [0.25, 0.3) is 0 Å². The number of nitrogens with two attached hydrogens (primary N) is 1. The highest BCUT2D eigenvalue weighted by Gasteiger charge is 2.07. The Bertz CT molecular complexity index is 491. The number of benzene rings is 1. The molecule has 3 heteroatoms. The number of anilines is 1. The van der Waals surface area contributed by atoms with Crippen LogP contribution in [0.3, 0.4) is 0 Å². The van der Waals surface area contributed by atoms with Gasteiger partial charge < -0.3 is 15.5 Å². The van der Waals surface area contributed by atoms with Gasteiger partial charge in [0.05, 0.1) is 6.26 Å². The Hall–Kier alpha value is -1.74. The maximum atomic E-state index is 5.89. The highest BCUT2D eigenvalue weighted by molar-refractivity contribution is 5.49. The molecule has 1 aromatic carbocycles. The van der Waals surface area contributed by atoms with E-state index < -0.39 is 0 Å². The van der Waals surface area contributed by atoms with Crippen molar-refractivity contribution in [3.63, 3.8) is 0 Å². The van der Waals surface area contributed by atoms with Gasteiger partial charge >= 0.3 is 0 Å². The molecule has 18 heavy (non-hydrogen) atoms. The Morgan fingerprint density at radius 1 is 1.28 bits per heavy atom. The van der Waals surface area contributed by atoms with Crippen LogP contribution in [-0.4, -0.2) is 6.04 Å². The average Bonchev–Trinajstić information content (AvgIpc) is 2.84. The molecule has 0 aliphatic carbocycles. The Labute approximate surface area is 108 Å². The molecule has 0 amide bonds. The van der Waals surface area contributed by atoms with Gasteiger partial charge in [-0.3, -0.25) is 0 Å². The lowest BCUT2D eigenvalue weighted by Gasteiger charge is -2.14. The van der Waals surface area contributed by atoms with Gasteiger partial charge in [-0.1, -0.05) is 12.1 Å². The number of rotatable bonds is 5. The first kappa shape index (κ1) is 12.7. The van der Waals surface area contributed by atoms with Gasteiger partial charge in [0, 0.05) is 24.7 Å². The lowest BCUT2D eigenvalue weighted by atomic mass is 10.1. The fourth-order valence-corrected chi connectivity index (χ4v) is 1.98. The molecule has 0 aliphatic heterocycles. The van der Waals surface area contributed by atoms with Crippen LogP contribution in [0.4, 0.5) is 5.69 Å². The number of furan rings is 1. The monoisotopic (exact) mass is 244 g/mol. The van der Waals surface area contributed by atoms with Gasteiger partial charge in [-0.05, 0) is 43.2 Å². The topological polar surface area (TPSA) is 51.2 Å². The smallest absolute Gasteiger partial charge is 0.105 e. The van der Waals surface area contributed by atoms with E-state index in [1.54, 1.807) is 6.26 Å². The maximum absolute atomic E-state index is 5.89. The van der Waals surface area contributed by atoms with Crippen LogP contribution in [0.1, 0.15) is 23.8 Å². The first-order valence-corrected chi connectivity index (χ1v) is 6.26. The van der Waals surface area contributed by atoms with Crippen molar-refractivity contribution in [1.82, 2.24) is 5.32 Å². The van der Waals surface area contributed by atoms with E-state index in [1.807, 2.05) is 24.3 Å². The summed E-state index contributed by atoms with van der Waals surface area (Å²) < 4.78 is 5.34. The molecule has 1 aromatic heterocycles. The zero-order chi connectivity index (χ0) is 13.0. The largest absolute Gasteiger partial charge is 0.469 e. The van der Waals surface area contributed by atoms with Crippen LogP contribution in [0.5, 0.6) is 0 Å². The molecule has 0 saturated heterocycles. The second kappa shape index (κ2) is 5.74. The quantitative estimate of drug-likeness (QED) is 0.795. The second-order valence-electron chi connectivity index (χ2n) is 4.70. The molecule has 96 valence electrons. The summed E-state index contributed by atoms with van der Waals surface area (Å²) in [6, 6.07) is 10.3. The summed E-state index contributed by atoms with van der Waals surface area (Å²) in [4.78, 5) is 0. The molecule has 0 aliphatic rings. The minimum absolute atomic E-state index is 0.372. The lowest BCUT2D eigenvalue weighted by Crippen LogP contribution is -2.27. The van der Waals surface area contributed by atoms with E-state index in [-0.39, 0.29) is 0 Å². The summed E-state index contributed by atoms with van der Waals surface area (Å²) in [5.41, 5.74) is 9.16. The summed E-state index contributed by atoms with van der Waals surface area (Å²) in [7, 11) is 0. The third kappa shape index (κ3) is 3.14. The third-order valence-corrected chi connectivity index (χ3v) is 3.22. The fourth-order valence-electron chi connectivity index (χ4n) is 1.98. The molecule has 0 radical (unpaired) electrons. The van der Waals surface area contributed by atoms with Crippen molar-refractivity contribution in [2.75, 3.05) is 5.73 Å². The number of hydrogen-bond acceptors (Lipinski definition) is 3. The molecule has 1 atom stereocenters. The van der Waals surface area contributed by atoms with E-state index in [0.717, 1.165) is 30.0 Å². The van der Waals surface area contributed by atoms with Gasteiger partial charge in [-0.2, -0.15) is 0 Å². The zero-order valence-corrected chi connectivity index (χ0v) is 10.9. The van der Waals surface area contributed by atoms with E-state index in [0.29, 0.717) is 6.04 Å². The molecule has 2 rings (SSSR count). The molecule has 3 nitrogen and oxygen atoms in total. The molecule has 1 heterocycles. The molecule has 2 aromatic rings. The Balaban J connectivity index is 1.89. The third-order valence-electron chi connectivity index (χ3n) is 3.22. The van der Waals surface area contributed by atoms with Crippen LogP contribution in [0.15, 0.2) is 41.0 Å². The number of hydrogen-bond donors (Lipinski definition) is 2. The van der Waals surface area contributed by atoms with Gasteiger partial charge in [0.25, 0.3) is 0 Å². The summed E-state index contributed by atoms with van der Waals surface area (Å²) >= 11 is 0. The van der Waals surface area contributed by atoms with Crippen LogP contribution in [0.2, 0.25) is 0 Å². The summed E-state index contributed by atoms with van der Waals surface area (Å²) in [5, 5.41) is 3.49. The second-order valence-corrected chi connectivity index (χ2v) is 4.70. The predicted octanol–water partition coefficient (Wildman–Crippen LogP) is 2.89. The average molecular weight is 244 g/mol. The first-order valence-electron chi connectivity index (χ1n) is 6.26. The van der Waals surface area contributed by atoms with E-state index in [2.05, 4.69) is 25.2 Å². The van der Waals surface area contributed by atoms with Crippen LogP contribution < -0.4 is 11.1 Å². The van der Waals surface area contributed by atoms with Crippen molar-refractivity contribution >= 4 is 5.69 Å². The highest BCUT2D eigenvalue weighted by Crippen LogP contribution is 2.15. The molecule has 1 unspecified atom stereocenters. The Morgan fingerprint density at radius 2 is 2.11 bits per heavy atom. The van der Waals surface area contributed by atoms with Gasteiger partial charge in [0.15, 0.2) is 0 Å². The zero-order valence-electron chi connectivity index (χ0n) is 10.9. The predicted molar refractivity (Wildman–Crippen MR) is 74.3 cm³/mol. The van der Waals surface area contributed by atoms with Gasteiger partial charge in [-0.25, -0.2) is 0 Å². The lowest BCUT2D eigenvalue weighted by molar-refractivity contribution is 0.456. The molecular formula is C15H20N2O. The molecular weight excluding hydrogens is 224 g/mol. The number of nitrogen functional groups attached to an aromatic ring is 1. The number of nitrogens with one attached hydrogen (secondary N) is 1. The van der Waals surface area contributed by atoms with Crippen LogP contribution in [-0.2, 0) is 13.0 Å². The molecule has 0 spiro atoms. The first-order chi connectivity index (χ1) is 8.66. The minimum Gasteiger partial charge on any atom is -0.469 e. The molecule has 0 saturated carbocycles. The summed E-state index contributed by atoms with van der Waals surface area (Å²) in [5.74, 6) is 1.01. The molecule has 0 bridgehead atoms. The van der Waals surface area contributed by atoms with Gasteiger partial charge in [-0.15, -0.1) is 0 Å². The fraction of sp³-hybridized carbons (Fsp3) is 0.333. The Kier molecular flexibility index (Phi) is 4.05.